The summed E-state index contributed by atoms with van der Waals surface area (Å²) in [6, 6.07) is 7.61. The third-order valence-electron chi connectivity index (χ3n) is 6.94. The zero-order valence-corrected chi connectivity index (χ0v) is 21.9. The highest BCUT2D eigenvalue weighted by atomic mass is 35.5. The van der Waals surface area contributed by atoms with Crippen LogP contribution in [0.15, 0.2) is 46.1 Å². The molecule has 1 saturated heterocycles. The fourth-order valence-corrected chi connectivity index (χ4v) is 6.72. The van der Waals surface area contributed by atoms with Gasteiger partial charge in [0, 0.05) is 34.0 Å². The minimum Gasteiger partial charge on any atom is -0.497 e. The van der Waals surface area contributed by atoms with Crippen molar-refractivity contribution < 1.29 is 14.2 Å². The summed E-state index contributed by atoms with van der Waals surface area (Å²) < 4.78 is 20.9. The second-order valence-corrected chi connectivity index (χ2v) is 11.4. The fourth-order valence-electron chi connectivity index (χ4n) is 4.74. The van der Waals surface area contributed by atoms with E-state index in [1.54, 1.807) is 24.5 Å². The van der Waals surface area contributed by atoms with Crippen molar-refractivity contribution in [1.29, 1.82) is 0 Å². The average molecular weight is 523 g/mol. The monoisotopic (exact) mass is 522 g/mol. The standard InChI is InChI=1S/C26H32ClFN2O2S2/c1-32-19-3-4-24-21(15-19)25(22(27)16-29-24)23(28)5-7-26(18-31)8-11-30(12-9-26)10-2-13-34-20-6-14-33-17-20/h3-4,6,14-17,23,31H,2,5,7-13,18H2,1H3/t23-/m1/s1. The summed E-state index contributed by atoms with van der Waals surface area (Å²) in [5, 5.41) is 15.6. The van der Waals surface area contributed by atoms with Crippen LogP contribution in [0.1, 0.15) is 43.8 Å². The quantitative estimate of drug-likeness (QED) is 0.217. The summed E-state index contributed by atoms with van der Waals surface area (Å²) in [5.41, 5.74) is 0.948. The lowest BCUT2D eigenvalue weighted by molar-refractivity contribution is 0.0304. The Morgan fingerprint density at radius 2 is 2.15 bits per heavy atom. The molecule has 2 aromatic heterocycles. The molecule has 0 bridgehead atoms. The summed E-state index contributed by atoms with van der Waals surface area (Å²) in [6.45, 7) is 3.08. The number of methoxy groups -OCH3 is 1. The van der Waals surface area contributed by atoms with E-state index in [-0.39, 0.29) is 12.0 Å². The van der Waals surface area contributed by atoms with Crippen molar-refractivity contribution in [3.05, 3.63) is 51.8 Å². The van der Waals surface area contributed by atoms with Gasteiger partial charge >= 0.3 is 0 Å². The van der Waals surface area contributed by atoms with Crippen LogP contribution in [0.4, 0.5) is 4.39 Å². The molecule has 1 fully saturated rings. The molecule has 4 rings (SSSR count). The van der Waals surface area contributed by atoms with Gasteiger partial charge in [-0.05, 0) is 92.6 Å². The molecule has 34 heavy (non-hydrogen) atoms. The number of alkyl halides is 1. The molecule has 8 heteroatoms. The number of halogens is 2. The first kappa shape index (κ1) is 25.7. The maximum Gasteiger partial charge on any atom is 0.127 e. The van der Waals surface area contributed by atoms with Crippen molar-refractivity contribution in [3.8, 4) is 5.75 Å². The Hall–Kier alpha value is -1.38. The molecule has 1 aliphatic rings. The summed E-state index contributed by atoms with van der Waals surface area (Å²) in [4.78, 5) is 8.16. The van der Waals surface area contributed by atoms with Crippen LogP contribution < -0.4 is 4.74 Å². The molecule has 1 N–H and O–H groups in total. The van der Waals surface area contributed by atoms with Gasteiger partial charge < -0.3 is 14.7 Å². The number of likely N-dealkylation sites (tertiary alicyclic amines) is 1. The Morgan fingerprint density at radius 1 is 1.32 bits per heavy atom. The molecule has 1 aromatic carbocycles. The number of benzene rings is 1. The minimum absolute atomic E-state index is 0.0974. The molecule has 1 atom stereocenters. The predicted molar refractivity (Wildman–Crippen MR) is 141 cm³/mol. The first-order chi connectivity index (χ1) is 16.5. The van der Waals surface area contributed by atoms with Crippen molar-refractivity contribution >= 4 is 45.6 Å². The number of ether oxygens (including phenoxy) is 1. The van der Waals surface area contributed by atoms with Gasteiger partial charge in [-0.2, -0.15) is 11.3 Å². The maximum absolute atomic E-state index is 15.6. The third kappa shape index (κ3) is 6.24. The van der Waals surface area contributed by atoms with Gasteiger partial charge in [0.25, 0.3) is 0 Å². The van der Waals surface area contributed by atoms with Gasteiger partial charge in [0.05, 0.1) is 17.6 Å². The number of pyridine rings is 1. The molecule has 0 saturated carbocycles. The number of aromatic nitrogens is 1. The Labute approximate surface area is 214 Å². The molecule has 0 spiro atoms. The normalized spacial score (nSPS) is 17.2. The van der Waals surface area contributed by atoms with E-state index in [0.717, 1.165) is 44.6 Å². The van der Waals surface area contributed by atoms with Crippen LogP contribution in [-0.2, 0) is 0 Å². The van der Waals surface area contributed by atoms with Gasteiger partial charge in [0.15, 0.2) is 0 Å². The molecule has 4 nitrogen and oxygen atoms in total. The van der Waals surface area contributed by atoms with Crippen LogP contribution in [0.25, 0.3) is 10.9 Å². The van der Waals surface area contributed by atoms with Crippen LogP contribution in [0.3, 0.4) is 0 Å². The van der Waals surface area contributed by atoms with E-state index in [1.165, 1.54) is 11.1 Å². The molecule has 0 aliphatic carbocycles. The Morgan fingerprint density at radius 3 is 2.85 bits per heavy atom. The molecule has 0 unspecified atom stereocenters. The van der Waals surface area contributed by atoms with Gasteiger partial charge in [0.1, 0.15) is 11.9 Å². The SMILES string of the molecule is COc1ccc2ncc(Cl)c([C@H](F)CCC3(CO)CCN(CCCSc4ccsc4)CC3)c2c1. The number of nitrogens with zero attached hydrogens (tertiary/aromatic N) is 2. The summed E-state index contributed by atoms with van der Waals surface area (Å²) in [7, 11) is 1.59. The largest absolute Gasteiger partial charge is 0.497 e. The van der Waals surface area contributed by atoms with Gasteiger partial charge in [-0.25, -0.2) is 4.39 Å². The van der Waals surface area contributed by atoms with E-state index in [2.05, 4.69) is 26.7 Å². The molecular formula is C26H32ClFN2O2S2. The van der Waals surface area contributed by atoms with E-state index in [0.29, 0.717) is 40.1 Å². The Kier molecular flexibility index (Phi) is 9.10. The Bertz CT molecular complexity index is 1060. The first-order valence-electron chi connectivity index (χ1n) is 11.8. The molecule has 0 amide bonds. The zero-order valence-electron chi connectivity index (χ0n) is 19.5. The maximum atomic E-state index is 15.6. The van der Waals surface area contributed by atoms with E-state index < -0.39 is 6.17 Å². The molecule has 184 valence electrons. The predicted octanol–water partition coefficient (Wildman–Crippen LogP) is 7.01. The lowest BCUT2D eigenvalue weighted by atomic mass is 9.74. The number of thiophene rings is 1. The second-order valence-electron chi connectivity index (χ2n) is 9.07. The number of hydrogen-bond acceptors (Lipinski definition) is 6. The van der Waals surface area contributed by atoms with E-state index in [1.807, 2.05) is 23.9 Å². The van der Waals surface area contributed by atoms with Crippen molar-refractivity contribution in [2.45, 2.75) is 43.2 Å². The second kappa shape index (κ2) is 12.0. The first-order valence-corrected chi connectivity index (χ1v) is 14.1. The van der Waals surface area contributed by atoms with E-state index in [9.17, 15) is 5.11 Å². The number of thioether (sulfide) groups is 1. The smallest absolute Gasteiger partial charge is 0.127 e. The highest BCUT2D eigenvalue weighted by molar-refractivity contribution is 7.99. The number of piperidine rings is 1. The minimum atomic E-state index is -1.22. The van der Waals surface area contributed by atoms with Crippen molar-refractivity contribution in [1.82, 2.24) is 9.88 Å². The third-order valence-corrected chi connectivity index (χ3v) is 9.16. The molecule has 3 heterocycles. The number of fused-ring (bicyclic) bond motifs is 1. The highest BCUT2D eigenvalue weighted by Crippen LogP contribution is 2.42. The lowest BCUT2D eigenvalue weighted by Crippen LogP contribution is -2.42. The summed E-state index contributed by atoms with van der Waals surface area (Å²) >= 11 is 10.0. The van der Waals surface area contributed by atoms with Crippen LogP contribution in [-0.4, -0.2) is 54.1 Å². The molecule has 1 aliphatic heterocycles. The van der Waals surface area contributed by atoms with Crippen molar-refractivity contribution in [2.75, 3.05) is 39.1 Å². The van der Waals surface area contributed by atoms with Gasteiger partial charge in [-0.15, -0.1) is 11.8 Å². The van der Waals surface area contributed by atoms with Crippen molar-refractivity contribution in [3.63, 3.8) is 0 Å². The van der Waals surface area contributed by atoms with Crippen LogP contribution in [0.2, 0.25) is 5.02 Å². The number of aliphatic hydroxyl groups is 1. The van der Waals surface area contributed by atoms with E-state index >= 15 is 4.39 Å². The highest BCUT2D eigenvalue weighted by Gasteiger charge is 2.35. The number of rotatable bonds is 11. The topological polar surface area (TPSA) is 45.6 Å². The fraction of sp³-hybridized carbons (Fsp3) is 0.500. The van der Waals surface area contributed by atoms with Crippen LogP contribution >= 0.6 is 34.7 Å². The van der Waals surface area contributed by atoms with Gasteiger partial charge in [-0.3, -0.25) is 4.98 Å². The van der Waals surface area contributed by atoms with Crippen LogP contribution in [0, 0.1) is 5.41 Å². The van der Waals surface area contributed by atoms with Gasteiger partial charge in [-0.1, -0.05) is 11.6 Å². The number of hydrogen-bond donors (Lipinski definition) is 1. The zero-order chi connectivity index (χ0) is 24.0. The van der Waals surface area contributed by atoms with Gasteiger partial charge in [0.2, 0.25) is 0 Å². The Balaban J connectivity index is 1.31. The number of aliphatic hydroxyl groups excluding tert-OH is 1. The average Bonchev–Trinajstić information content (AvgIpc) is 3.39. The summed E-state index contributed by atoms with van der Waals surface area (Å²) in [6.07, 6.45) is 4.20. The summed E-state index contributed by atoms with van der Waals surface area (Å²) in [5.74, 6) is 1.77. The van der Waals surface area contributed by atoms with Crippen LogP contribution in [0.5, 0.6) is 5.75 Å². The van der Waals surface area contributed by atoms with E-state index in [4.69, 9.17) is 16.3 Å². The molecule has 0 radical (unpaired) electrons. The molecule has 3 aromatic rings. The molecular weight excluding hydrogens is 491 g/mol. The van der Waals surface area contributed by atoms with Crippen molar-refractivity contribution in [2.24, 2.45) is 5.41 Å². The lowest BCUT2D eigenvalue weighted by Gasteiger charge is -2.41.